The minimum Gasteiger partial charge on any atom is -0.497 e. The van der Waals surface area contributed by atoms with Crippen molar-refractivity contribution in [3.05, 3.63) is 53.6 Å². The number of benzene rings is 2. The predicted molar refractivity (Wildman–Crippen MR) is 137 cm³/mol. The molecule has 2 aliphatic heterocycles. The maximum atomic E-state index is 13.4. The quantitative estimate of drug-likeness (QED) is 0.596. The molecule has 3 aliphatic rings. The van der Waals surface area contributed by atoms with E-state index in [0.717, 1.165) is 13.0 Å². The number of carbonyl (C=O) groups excluding carboxylic acids is 3. The van der Waals surface area contributed by atoms with Crippen molar-refractivity contribution >= 4 is 23.4 Å². The van der Waals surface area contributed by atoms with Crippen molar-refractivity contribution in [2.75, 3.05) is 32.6 Å². The average molecular weight is 508 g/mol. The Hall–Kier alpha value is -3.59. The topological polar surface area (TPSA) is 106 Å². The van der Waals surface area contributed by atoms with Gasteiger partial charge in [0.2, 0.25) is 5.91 Å². The highest BCUT2D eigenvalue weighted by Crippen LogP contribution is 2.33. The van der Waals surface area contributed by atoms with Crippen LogP contribution >= 0.6 is 0 Å². The van der Waals surface area contributed by atoms with Gasteiger partial charge >= 0.3 is 0 Å². The number of nitrogens with one attached hydrogen (secondary N) is 2. The molecule has 2 aromatic rings. The monoisotopic (exact) mass is 507 g/mol. The van der Waals surface area contributed by atoms with E-state index in [1.165, 1.54) is 12.8 Å². The maximum Gasteiger partial charge on any atom is 0.257 e. The Morgan fingerprint density at radius 1 is 1.11 bits per heavy atom. The van der Waals surface area contributed by atoms with Crippen molar-refractivity contribution < 1.29 is 28.6 Å². The first-order chi connectivity index (χ1) is 17.9. The number of fused-ring (bicyclic) bond motifs is 2. The number of ether oxygens (including phenoxy) is 3. The van der Waals surface area contributed by atoms with Crippen molar-refractivity contribution in [2.45, 2.75) is 50.4 Å². The van der Waals surface area contributed by atoms with Crippen LogP contribution in [-0.2, 0) is 9.53 Å². The van der Waals surface area contributed by atoms with E-state index in [-0.39, 0.29) is 42.6 Å². The molecular formula is C28H33N3O6. The van der Waals surface area contributed by atoms with Crippen LogP contribution in [0.5, 0.6) is 11.5 Å². The first kappa shape index (κ1) is 25.1. The third-order valence-electron chi connectivity index (χ3n) is 7.30. The molecule has 0 aromatic heterocycles. The number of likely N-dealkylation sites (N-methyl/N-ethyl adjacent to an activating group) is 1. The lowest BCUT2D eigenvalue weighted by Crippen LogP contribution is -2.54. The molecular weight excluding hydrogens is 474 g/mol. The van der Waals surface area contributed by atoms with Crippen LogP contribution in [-0.4, -0.2) is 68.2 Å². The summed E-state index contributed by atoms with van der Waals surface area (Å²) in [6, 6.07) is 11.7. The molecule has 2 aromatic carbocycles. The summed E-state index contributed by atoms with van der Waals surface area (Å²) in [6.07, 6.45) is 3.60. The lowest BCUT2D eigenvalue weighted by molar-refractivity contribution is -0.134. The van der Waals surface area contributed by atoms with Crippen molar-refractivity contribution in [3.8, 4) is 11.5 Å². The molecule has 5 rings (SSSR count). The number of nitrogens with zero attached hydrogens (tertiary/aromatic N) is 1. The zero-order valence-corrected chi connectivity index (χ0v) is 21.2. The lowest BCUT2D eigenvalue weighted by Gasteiger charge is -2.42. The fourth-order valence-electron chi connectivity index (χ4n) is 4.93. The molecule has 2 fully saturated rings. The molecule has 9 heteroatoms. The summed E-state index contributed by atoms with van der Waals surface area (Å²) in [4.78, 5) is 40.2. The summed E-state index contributed by atoms with van der Waals surface area (Å²) in [7, 11) is 3.31. The van der Waals surface area contributed by atoms with E-state index in [2.05, 4.69) is 10.6 Å². The number of carbonyl (C=O) groups is 3. The highest BCUT2D eigenvalue weighted by atomic mass is 16.5. The maximum absolute atomic E-state index is 13.4. The second kappa shape index (κ2) is 10.8. The van der Waals surface area contributed by atoms with E-state index in [1.54, 1.807) is 61.5 Å². The largest absolute Gasteiger partial charge is 0.497 e. The van der Waals surface area contributed by atoms with Gasteiger partial charge in [-0.3, -0.25) is 14.4 Å². The summed E-state index contributed by atoms with van der Waals surface area (Å²) in [5, 5.41) is 5.85. The molecule has 0 unspecified atom stereocenters. The Bertz CT molecular complexity index is 1180. The third kappa shape index (κ3) is 5.88. The predicted octanol–water partition coefficient (Wildman–Crippen LogP) is 3.24. The van der Waals surface area contributed by atoms with E-state index in [4.69, 9.17) is 14.2 Å². The van der Waals surface area contributed by atoms with E-state index < -0.39 is 0 Å². The van der Waals surface area contributed by atoms with E-state index in [9.17, 15) is 14.4 Å². The fraction of sp³-hybridized carbons (Fsp3) is 0.464. The van der Waals surface area contributed by atoms with Crippen LogP contribution in [0.25, 0.3) is 0 Å². The number of hydrogen-bond donors (Lipinski definition) is 2. The Morgan fingerprint density at radius 2 is 1.95 bits per heavy atom. The first-order valence-corrected chi connectivity index (χ1v) is 12.8. The Balaban J connectivity index is 1.25. The Labute approximate surface area is 216 Å². The molecule has 0 radical (unpaired) electrons. The van der Waals surface area contributed by atoms with Crippen LogP contribution in [0.2, 0.25) is 0 Å². The van der Waals surface area contributed by atoms with Gasteiger partial charge in [0.15, 0.2) is 0 Å². The molecule has 2 N–H and O–H groups in total. The number of hydrogen-bond acceptors (Lipinski definition) is 6. The second-order valence-electron chi connectivity index (χ2n) is 10.0. The molecule has 37 heavy (non-hydrogen) atoms. The zero-order chi connectivity index (χ0) is 25.9. The number of amides is 3. The zero-order valence-electron chi connectivity index (χ0n) is 21.2. The molecule has 3 amide bonds. The molecule has 9 nitrogen and oxygen atoms in total. The van der Waals surface area contributed by atoms with Gasteiger partial charge in [-0.2, -0.15) is 0 Å². The van der Waals surface area contributed by atoms with Crippen molar-refractivity contribution in [1.82, 2.24) is 10.2 Å². The van der Waals surface area contributed by atoms with Crippen LogP contribution in [0.1, 0.15) is 52.8 Å². The second-order valence-corrected chi connectivity index (χ2v) is 10.0. The van der Waals surface area contributed by atoms with Crippen LogP contribution in [0.3, 0.4) is 0 Å². The summed E-state index contributed by atoms with van der Waals surface area (Å²) >= 11 is 0. The highest BCUT2D eigenvalue weighted by Gasteiger charge is 2.39. The van der Waals surface area contributed by atoms with Gasteiger partial charge in [-0.1, -0.05) is 6.07 Å². The van der Waals surface area contributed by atoms with Crippen molar-refractivity contribution in [2.24, 2.45) is 5.92 Å². The van der Waals surface area contributed by atoms with E-state index in [1.807, 2.05) is 0 Å². The summed E-state index contributed by atoms with van der Waals surface area (Å²) < 4.78 is 17.5. The minimum atomic E-state index is -0.329. The number of rotatable bonds is 7. The molecule has 2 heterocycles. The van der Waals surface area contributed by atoms with Crippen LogP contribution in [0, 0.1) is 5.92 Å². The van der Waals surface area contributed by atoms with Gasteiger partial charge in [-0.05, 0) is 68.0 Å². The molecule has 3 atom stereocenters. The molecule has 1 saturated heterocycles. The van der Waals surface area contributed by atoms with Gasteiger partial charge in [-0.25, -0.2) is 0 Å². The number of anilines is 1. The summed E-state index contributed by atoms with van der Waals surface area (Å²) in [5.74, 6) is 1.16. The van der Waals surface area contributed by atoms with Crippen LogP contribution < -0.4 is 20.1 Å². The minimum absolute atomic E-state index is 0.0143. The molecule has 0 bridgehead atoms. The molecule has 196 valence electrons. The number of methoxy groups -OCH3 is 1. The summed E-state index contributed by atoms with van der Waals surface area (Å²) in [6.45, 7) is 1.02. The normalized spacial score (nSPS) is 23.0. The highest BCUT2D eigenvalue weighted by molar-refractivity contribution is 6.05. The van der Waals surface area contributed by atoms with Gasteiger partial charge in [0.1, 0.15) is 24.2 Å². The molecule has 1 aliphatic carbocycles. The van der Waals surface area contributed by atoms with E-state index in [0.29, 0.717) is 47.1 Å². The molecule has 0 spiro atoms. The van der Waals surface area contributed by atoms with Crippen LogP contribution in [0.15, 0.2) is 42.5 Å². The Morgan fingerprint density at radius 3 is 2.73 bits per heavy atom. The van der Waals surface area contributed by atoms with E-state index >= 15 is 0 Å². The fourth-order valence-corrected chi connectivity index (χ4v) is 4.93. The van der Waals surface area contributed by atoms with Crippen molar-refractivity contribution in [3.63, 3.8) is 0 Å². The SMILES string of the molecule is COc1cccc(C(=O)Nc2ccc3c(c2)C(=O)N(C)[C@H]2CC[C@@H](CC(=O)NCC4CC4)O[C@@H]2CO3)c1. The van der Waals surface area contributed by atoms with Gasteiger partial charge in [0.05, 0.1) is 31.2 Å². The van der Waals surface area contributed by atoms with Crippen molar-refractivity contribution in [1.29, 1.82) is 0 Å². The van der Waals surface area contributed by atoms with Gasteiger partial charge in [-0.15, -0.1) is 0 Å². The smallest absolute Gasteiger partial charge is 0.257 e. The molecule has 1 saturated carbocycles. The van der Waals surface area contributed by atoms with Gasteiger partial charge in [0, 0.05) is 24.8 Å². The Kier molecular flexibility index (Phi) is 7.32. The van der Waals surface area contributed by atoms with Crippen LogP contribution in [0.4, 0.5) is 5.69 Å². The van der Waals surface area contributed by atoms with Gasteiger partial charge < -0.3 is 29.7 Å². The lowest BCUT2D eigenvalue weighted by atomic mass is 9.94. The first-order valence-electron chi connectivity index (χ1n) is 12.8. The average Bonchev–Trinajstić information content (AvgIpc) is 3.74. The van der Waals surface area contributed by atoms with Gasteiger partial charge in [0.25, 0.3) is 11.8 Å². The third-order valence-corrected chi connectivity index (χ3v) is 7.30. The summed E-state index contributed by atoms with van der Waals surface area (Å²) in [5.41, 5.74) is 1.32. The standard InChI is InChI=1S/C28H33N3O6/c1-31-23-10-9-21(14-26(32)29-15-17-6-7-17)37-25(23)16-36-24-11-8-19(13-22(24)28(31)34)30-27(33)18-4-3-5-20(12-18)35-2/h3-5,8,11-13,17,21,23,25H,6-7,9-10,14-16H2,1-2H3,(H,29,32)(H,30,33)/t21-,23-,25+/m0/s1.